The van der Waals surface area contributed by atoms with Gasteiger partial charge in [-0.05, 0) is 42.0 Å². The van der Waals surface area contributed by atoms with Crippen LogP contribution in [0.3, 0.4) is 0 Å². The van der Waals surface area contributed by atoms with Gasteiger partial charge >= 0.3 is 0 Å². The number of H-pyrrole nitrogens is 1. The minimum atomic E-state index is -3.87. The molecule has 3 aromatic carbocycles. The van der Waals surface area contributed by atoms with Crippen LogP contribution in [0.5, 0.6) is 5.75 Å². The minimum absolute atomic E-state index is 0.0308. The normalized spacial score (nSPS) is 11.3. The Hall–Kier alpha value is -3.78. The SMILES string of the molecule is COc1ccccc1NS(=O)(=O)c1cccc(NC(=O)Cc2c[nH]c3ccccc23)c1. The number of carbonyl (C=O) groups excluding carboxylic acids is 1. The zero-order chi connectivity index (χ0) is 21.8. The van der Waals surface area contributed by atoms with E-state index in [4.69, 9.17) is 4.74 Å². The van der Waals surface area contributed by atoms with Crippen molar-refractivity contribution in [2.45, 2.75) is 11.3 Å². The van der Waals surface area contributed by atoms with Gasteiger partial charge in [-0.2, -0.15) is 0 Å². The lowest BCUT2D eigenvalue weighted by Gasteiger charge is -2.12. The summed E-state index contributed by atoms with van der Waals surface area (Å²) in [5, 5.41) is 3.76. The number of amides is 1. The van der Waals surface area contributed by atoms with Gasteiger partial charge in [0.05, 0.1) is 24.1 Å². The number of anilines is 2. The smallest absolute Gasteiger partial charge is 0.262 e. The lowest BCUT2D eigenvalue weighted by Crippen LogP contribution is -2.16. The largest absolute Gasteiger partial charge is 0.495 e. The number of carbonyl (C=O) groups is 1. The third kappa shape index (κ3) is 4.54. The van der Waals surface area contributed by atoms with E-state index in [1.165, 1.54) is 19.2 Å². The number of hydrogen-bond donors (Lipinski definition) is 3. The van der Waals surface area contributed by atoms with E-state index >= 15 is 0 Å². The van der Waals surface area contributed by atoms with Gasteiger partial charge in [0.25, 0.3) is 10.0 Å². The fourth-order valence-corrected chi connectivity index (χ4v) is 4.45. The Balaban J connectivity index is 1.50. The molecule has 8 heteroatoms. The predicted octanol–water partition coefficient (Wildman–Crippen LogP) is 4.16. The molecule has 0 aliphatic heterocycles. The summed E-state index contributed by atoms with van der Waals surface area (Å²) in [6.07, 6.45) is 1.97. The van der Waals surface area contributed by atoms with Gasteiger partial charge in [0.2, 0.25) is 5.91 Å². The van der Waals surface area contributed by atoms with Crippen molar-refractivity contribution in [3.05, 3.63) is 84.6 Å². The van der Waals surface area contributed by atoms with Gasteiger partial charge < -0.3 is 15.0 Å². The highest BCUT2D eigenvalue weighted by Gasteiger charge is 2.17. The van der Waals surface area contributed by atoms with Gasteiger partial charge in [-0.3, -0.25) is 9.52 Å². The van der Waals surface area contributed by atoms with Crippen molar-refractivity contribution in [3.63, 3.8) is 0 Å². The summed E-state index contributed by atoms with van der Waals surface area (Å²) in [5.74, 6) is 0.172. The van der Waals surface area contributed by atoms with Crippen molar-refractivity contribution in [1.82, 2.24) is 4.98 Å². The molecule has 158 valence electrons. The van der Waals surface area contributed by atoms with Crippen LogP contribution in [-0.2, 0) is 21.2 Å². The number of para-hydroxylation sites is 3. The molecule has 0 radical (unpaired) electrons. The highest BCUT2D eigenvalue weighted by molar-refractivity contribution is 7.92. The minimum Gasteiger partial charge on any atom is -0.495 e. The van der Waals surface area contributed by atoms with E-state index in [2.05, 4.69) is 15.0 Å². The molecule has 0 spiro atoms. The summed E-state index contributed by atoms with van der Waals surface area (Å²) in [6, 6.07) is 20.6. The second kappa shape index (κ2) is 8.53. The Morgan fingerprint density at radius 2 is 1.77 bits per heavy atom. The third-order valence-electron chi connectivity index (χ3n) is 4.81. The Morgan fingerprint density at radius 1 is 1.00 bits per heavy atom. The van der Waals surface area contributed by atoms with E-state index in [1.54, 1.807) is 36.4 Å². The summed E-state index contributed by atoms with van der Waals surface area (Å²) in [7, 11) is -2.40. The molecule has 0 saturated carbocycles. The molecule has 0 saturated heterocycles. The first-order valence-electron chi connectivity index (χ1n) is 9.57. The van der Waals surface area contributed by atoms with E-state index in [0.717, 1.165) is 16.5 Å². The molecular formula is C23H21N3O4S. The number of nitrogens with one attached hydrogen (secondary N) is 3. The highest BCUT2D eigenvalue weighted by Crippen LogP contribution is 2.27. The highest BCUT2D eigenvalue weighted by atomic mass is 32.2. The average molecular weight is 436 g/mol. The van der Waals surface area contributed by atoms with Gasteiger partial charge in [-0.1, -0.05) is 36.4 Å². The lowest BCUT2D eigenvalue weighted by atomic mass is 10.1. The molecule has 0 bridgehead atoms. The number of aromatic nitrogens is 1. The second-order valence-electron chi connectivity index (χ2n) is 6.92. The summed E-state index contributed by atoms with van der Waals surface area (Å²) < 4.78 is 33.4. The van der Waals surface area contributed by atoms with Crippen LogP contribution in [0, 0.1) is 0 Å². The maximum Gasteiger partial charge on any atom is 0.262 e. The number of fused-ring (bicyclic) bond motifs is 1. The Kier molecular flexibility index (Phi) is 5.64. The zero-order valence-electron chi connectivity index (χ0n) is 16.8. The topological polar surface area (TPSA) is 100 Å². The first-order chi connectivity index (χ1) is 15.0. The van der Waals surface area contributed by atoms with E-state index in [1.807, 2.05) is 30.5 Å². The molecule has 4 rings (SSSR count). The van der Waals surface area contributed by atoms with Crippen molar-refractivity contribution in [2.24, 2.45) is 0 Å². The molecule has 0 fully saturated rings. The van der Waals surface area contributed by atoms with Crippen molar-refractivity contribution >= 4 is 38.2 Å². The van der Waals surface area contributed by atoms with Crippen molar-refractivity contribution in [3.8, 4) is 5.75 Å². The molecule has 1 heterocycles. The number of hydrogen-bond acceptors (Lipinski definition) is 4. The fraction of sp³-hybridized carbons (Fsp3) is 0.0870. The summed E-state index contributed by atoms with van der Waals surface area (Å²) >= 11 is 0. The molecule has 0 aliphatic rings. The predicted molar refractivity (Wildman–Crippen MR) is 121 cm³/mol. The third-order valence-corrected chi connectivity index (χ3v) is 6.17. The van der Waals surface area contributed by atoms with Crippen LogP contribution in [0.1, 0.15) is 5.56 Å². The summed E-state index contributed by atoms with van der Waals surface area (Å²) in [4.78, 5) is 15.7. The molecule has 1 aromatic heterocycles. The number of ether oxygens (including phenoxy) is 1. The molecule has 7 nitrogen and oxygen atoms in total. The quantitative estimate of drug-likeness (QED) is 0.406. The van der Waals surface area contributed by atoms with Crippen LogP contribution >= 0.6 is 0 Å². The molecule has 0 aliphatic carbocycles. The summed E-state index contributed by atoms with van der Waals surface area (Å²) in [5.41, 5.74) is 2.56. The molecular weight excluding hydrogens is 414 g/mol. The van der Waals surface area contributed by atoms with Gasteiger partial charge in [-0.25, -0.2) is 8.42 Å². The molecule has 31 heavy (non-hydrogen) atoms. The molecule has 4 aromatic rings. The number of aromatic amines is 1. The molecule has 0 atom stereocenters. The number of benzene rings is 3. The first kappa shape index (κ1) is 20.5. The second-order valence-corrected chi connectivity index (χ2v) is 8.60. The molecule has 3 N–H and O–H groups in total. The Morgan fingerprint density at radius 3 is 2.61 bits per heavy atom. The van der Waals surface area contributed by atoms with Crippen LogP contribution in [0.2, 0.25) is 0 Å². The number of rotatable bonds is 7. The zero-order valence-corrected chi connectivity index (χ0v) is 17.6. The summed E-state index contributed by atoms with van der Waals surface area (Å²) in [6.45, 7) is 0. The standard InChI is InChI=1S/C23H21N3O4S/c1-30-22-12-5-4-11-21(22)26-31(28,29)18-8-6-7-17(14-18)25-23(27)13-16-15-24-20-10-3-2-9-19(16)20/h2-12,14-15,24,26H,13H2,1H3,(H,25,27). The monoisotopic (exact) mass is 435 g/mol. The van der Waals surface area contributed by atoms with Gasteiger partial charge in [0.1, 0.15) is 5.75 Å². The molecule has 0 unspecified atom stereocenters. The van der Waals surface area contributed by atoms with Gasteiger partial charge in [0, 0.05) is 22.8 Å². The van der Waals surface area contributed by atoms with Gasteiger partial charge in [0.15, 0.2) is 0 Å². The Labute approximate surface area is 180 Å². The van der Waals surface area contributed by atoms with E-state index < -0.39 is 10.0 Å². The number of methoxy groups -OCH3 is 1. The van der Waals surface area contributed by atoms with Crippen molar-refractivity contribution in [1.29, 1.82) is 0 Å². The van der Waals surface area contributed by atoms with Crippen LogP contribution in [0.4, 0.5) is 11.4 Å². The maximum absolute atomic E-state index is 12.8. The van der Waals surface area contributed by atoms with Crippen molar-refractivity contribution < 1.29 is 17.9 Å². The van der Waals surface area contributed by atoms with Crippen LogP contribution in [-0.4, -0.2) is 26.4 Å². The van der Waals surface area contributed by atoms with Crippen LogP contribution < -0.4 is 14.8 Å². The van der Waals surface area contributed by atoms with Crippen LogP contribution in [0.25, 0.3) is 10.9 Å². The van der Waals surface area contributed by atoms with E-state index in [-0.39, 0.29) is 17.2 Å². The molecule has 1 amide bonds. The first-order valence-corrected chi connectivity index (χ1v) is 11.1. The average Bonchev–Trinajstić information content (AvgIpc) is 3.17. The van der Waals surface area contributed by atoms with E-state index in [9.17, 15) is 13.2 Å². The Bertz CT molecular complexity index is 1350. The van der Waals surface area contributed by atoms with E-state index in [0.29, 0.717) is 17.1 Å². The lowest BCUT2D eigenvalue weighted by molar-refractivity contribution is -0.115. The number of sulfonamides is 1. The van der Waals surface area contributed by atoms with Crippen molar-refractivity contribution in [2.75, 3.05) is 17.1 Å². The van der Waals surface area contributed by atoms with Gasteiger partial charge in [-0.15, -0.1) is 0 Å². The maximum atomic E-state index is 12.8. The fourth-order valence-electron chi connectivity index (χ4n) is 3.33. The van der Waals surface area contributed by atoms with Crippen LogP contribution in [0.15, 0.2) is 83.9 Å².